The van der Waals surface area contributed by atoms with Crippen LogP contribution in [0, 0.1) is 0 Å². The van der Waals surface area contributed by atoms with E-state index in [1.165, 1.54) is 37.8 Å². The van der Waals surface area contributed by atoms with Crippen LogP contribution in [0.1, 0.15) is 39.0 Å². The molecule has 2 rings (SSSR count). The molecule has 2 N–H and O–H groups in total. The molecule has 1 fully saturated rings. The van der Waals surface area contributed by atoms with Crippen molar-refractivity contribution >= 4 is 11.5 Å². The normalized spacial score (nSPS) is 16.3. The molecule has 0 saturated heterocycles. The van der Waals surface area contributed by atoms with Crippen LogP contribution < -0.4 is 10.2 Å². The monoisotopic (exact) mass is 263 g/mol. The van der Waals surface area contributed by atoms with Gasteiger partial charge in [0.1, 0.15) is 5.82 Å². The summed E-state index contributed by atoms with van der Waals surface area (Å²) in [5, 5.41) is 12.6. The molecule has 0 bridgehead atoms. The first-order chi connectivity index (χ1) is 9.35. The molecule has 1 saturated carbocycles. The first kappa shape index (κ1) is 14.1. The lowest BCUT2D eigenvalue weighted by molar-refractivity contribution is 0.290. The Kier molecular flexibility index (Phi) is 5.45. The van der Waals surface area contributed by atoms with Gasteiger partial charge in [0.05, 0.1) is 6.61 Å². The molecule has 1 aromatic heterocycles. The van der Waals surface area contributed by atoms with Crippen molar-refractivity contribution in [3.63, 3.8) is 0 Å². The van der Waals surface area contributed by atoms with Crippen molar-refractivity contribution in [3.8, 4) is 0 Å². The van der Waals surface area contributed by atoms with E-state index in [4.69, 9.17) is 0 Å². The molecule has 1 aromatic rings. The standard InChI is InChI=1S/C15H25N3O/c1-2-16-15-12-14(8-9-17-15)18(10-11-19)13-6-4-3-5-7-13/h8-9,12-13,19H,2-7,10-11H2,1H3,(H,16,17). The van der Waals surface area contributed by atoms with Crippen molar-refractivity contribution in [1.82, 2.24) is 4.98 Å². The Hall–Kier alpha value is -1.29. The number of nitrogens with zero attached hydrogens (tertiary/aromatic N) is 2. The lowest BCUT2D eigenvalue weighted by atomic mass is 9.94. The van der Waals surface area contributed by atoms with E-state index < -0.39 is 0 Å². The van der Waals surface area contributed by atoms with Gasteiger partial charge in [-0.3, -0.25) is 0 Å². The van der Waals surface area contributed by atoms with E-state index in [2.05, 4.69) is 28.2 Å². The molecule has 0 unspecified atom stereocenters. The molecular weight excluding hydrogens is 238 g/mol. The van der Waals surface area contributed by atoms with E-state index in [0.717, 1.165) is 12.4 Å². The molecule has 0 aromatic carbocycles. The van der Waals surface area contributed by atoms with Gasteiger partial charge >= 0.3 is 0 Å². The van der Waals surface area contributed by atoms with Crippen LogP contribution in [-0.4, -0.2) is 35.8 Å². The zero-order valence-electron chi connectivity index (χ0n) is 11.8. The van der Waals surface area contributed by atoms with Crippen LogP contribution in [0.2, 0.25) is 0 Å². The second kappa shape index (κ2) is 7.34. The summed E-state index contributed by atoms with van der Waals surface area (Å²) in [6.07, 6.45) is 8.27. The summed E-state index contributed by atoms with van der Waals surface area (Å²) >= 11 is 0. The molecule has 1 heterocycles. The van der Waals surface area contributed by atoms with Crippen LogP contribution in [0.25, 0.3) is 0 Å². The number of hydrogen-bond acceptors (Lipinski definition) is 4. The maximum Gasteiger partial charge on any atom is 0.127 e. The number of anilines is 2. The Morgan fingerprint density at radius 3 is 2.84 bits per heavy atom. The number of nitrogens with one attached hydrogen (secondary N) is 1. The lowest BCUT2D eigenvalue weighted by Gasteiger charge is -2.36. The third-order valence-electron chi connectivity index (χ3n) is 3.79. The van der Waals surface area contributed by atoms with Gasteiger partial charge < -0.3 is 15.3 Å². The highest BCUT2D eigenvalue weighted by Crippen LogP contribution is 2.27. The minimum atomic E-state index is 0.204. The second-order valence-electron chi connectivity index (χ2n) is 5.14. The van der Waals surface area contributed by atoms with Gasteiger partial charge in [0.25, 0.3) is 0 Å². The van der Waals surface area contributed by atoms with Crippen LogP contribution in [-0.2, 0) is 0 Å². The largest absolute Gasteiger partial charge is 0.395 e. The smallest absolute Gasteiger partial charge is 0.127 e. The number of aromatic nitrogens is 1. The predicted molar refractivity (Wildman–Crippen MR) is 79.7 cm³/mol. The summed E-state index contributed by atoms with van der Waals surface area (Å²) in [6, 6.07) is 4.71. The molecule has 4 heteroatoms. The number of hydrogen-bond donors (Lipinski definition) is 2. The number of aliphatic hydroxyl groups excluding tert-OH is 1. The van der Waals surface area contributed by atoms with E-state index in [-0.39, 0.29) is 6.61 Å². The Morgan fingerprint density at radius 2 is 2.16 bits per heavy atom. The van der Waals surface area contributed by atoms with Gasteiger partial charge in [-0.05, 0) is 25.8 Å². The fourth-order valence-corrected chi connectivity index (χ4v) is 2.90. The van der Waals surface area contributed by atoms with E-state index in [1.807, 2.05) is 12.3 Å². The van der Waals surface area contributed by atoms with E-state index in [1.54, 1.807) is 0 Å². The van der Waals surface area contributed by atoms with Crippen molar-refractivity contribution < 1.29 is 5.11 Å². The fraction of sp³-hybridized carbons (Fsp3) is 0.667. The number of aliphatic hydroxyl groups is 1. The fourth-order valence-electron chi connectivity index (χ4n) is 2.90. The summed E-state index contributed by atoms with van der Waals surface area (Å²) in [4.78, 5) is 6.67. The van der Waals surface area contributed by atoms with Crippen LogP contribution in [0.4, 0.5) is 11.5 Å². The van der Waals surface area contributed by atoms with Crippen molar-refractivity contribution in [2.75, 3.05) is 29.9 Å². The zero-order chi connectivity index (χ0) is 13.5. The average molecular weight is 263 g/mol. The van der Waals surface area contributed by atoms with Gasteiger partial charge in [0.2, 0.25) is 0 Å². The molecule has 106 valence electrons. The molecule has 0 aliphatic heterocycles. The molecule has 0 amide bonds. The Bertz CT molecular complexity index is 377. The van der Waals surface area contributed by atoms with Gasteiger partial charge in [0.15, 0.2) is 0 Å². The van der Waals surface area contributed by atoms with Gasteiger partial charge in [-0.15, -0.1) is 0 Å². The Morgan fingerprint density at radius 1 is 1.37 bits per heavy atom. The van der Waals surface area contributed by atoms with E-state index in [0.29, 0.717) is 12.6 Å². The number of rotatable bonds is 6. The first-order valence-electron chi connectivity index (χ1n) is 7.42. The van der Waals surface area contributed by atoms with Crippen LogP contribution in [0.3, 0.4) is 0 Å². The van der Waals surface area contributed by atoms with Crippen molar-refractivity contribution in [2.24, 2.45) is 0 Å². The summed E-state index contributed by atoms with van der Waals surface area (Å²) in [5.74, 6) is 0.916. The first-order valence-corrected chi connectivity index (χ1v) is 7.42. The minimum absolute atomic E-state index is 0.204. The van der Waals surface area contributed by atoms with Crippen LogP contribution in [0.15, 0.2) is 18.3 Å². The highest BCUT2D eigenvalue weighted by Gasteiger charge is 2.21. The molecule has 0 radical (unpaired) electrons. The van der Waals surface area contributed by atoms with Gasteiger partial charge in [-0.2, -0.15) is 0 Å². The molecular formula is C15H25N3O. The Labute approximate surface area is 115 Å². The summed E-state index contributed by atoms with van der Waals surface area (Å²) in [7, 11) is 0. The van der Waals surface area contributed by atoms with E-state index >= 15 is 0 Å². The van der Waals surface area contributed by atoms with Crippen LogP contribution in [0.5, 0.6) is 0 Å². The molecule has 1 aliphatic rings. The minimum Gasteiger partial charge on any atom is -0.395 e. The highest BCUT2D eigenvalue weighted by atomic mass is 16.3. The lowest BCUT2D eigenvalue weighted by Crippen LogP contribution is -2.38. The SMILES string of the molecule is CCNc1cc(N(CCO)C2CCCCC2)ccn1. The number of pyridine rings is 1. The molecule has 0 atom stereocenters. The van der Waals surface area contributed by atoms with E-state index in [9.17, 15) is 5.11 Å². The van der Waals surface area contributed by atoms with Crippen molar-refractivity contribution in [1.29, 1.82) is 0 Å². The van der Waals surface area contributed by atoms with Crippen LogP contribution >= 0.6 is 0 Å². The third-order valence-corrected chi connectivity index (χ3v) is 3.79. The highest BCUT2D eigenvalue weighted by molar-refractivity contribution is 5.54. The topological polar surface area (TPSA) is 48.4 Å². The summed E-state index contributed by atoms with van der Waals surface area (Å²) < 4.78 is 0. The molecule has 4 nitrogen and oxygen atoms in total. The summed E-state index contributed by atoms with van der Waals surface area (Å²) in [5.41, 5.74) is 1.17. The summed E-state index contributed by atoms with van der Waals surface area (Å²) in [6.45, 7) is 3.86. The third kappa shape index (κ3) is 3.83. The van der Waals surface area contributed by atoms with Gasteiger partial charge in [-0.25, -0.2) is 4.98 Å². The molecule has 0 spiro atoms. The maximum atomic E-state index is 9.33. The van der Waals surface area contributed by atoms with Crippen molar-refractivity contribution in [2.45, 2.75) is 45.1 Å². The van der Waals surface area contributed by atoms with Gasteiger partial charge in [-0.1, -0.05) is 19.3 Å². The average Bonchev–Trinajstić information content (AvgIpc) is 2.46. The predicted octanol–water partition coefficient (Wildman–Crippen LogP) is 2.64. The van der Waals surface area contributed by atoms with Gasteiger partial charge in [0, 0.05) is 37.1 Å². The quantitative estimate of drug-likeness (QED) is 0.828. The molecule has 19 heavy (non-hydrogen) atoms. The second-order valence-corrected chi connectivity index (χ2v) is 5.14. The maximum absolute atomic E-state index is 9.33. The zero-order valence-corrected chi connectivity index (χ0v) is 11.8. The molecule has 1 aliphatic carbocycles. The van der Waals surface area contributed by atoms with Crippen molar-refractivity contribution in [3.05, 3.63) is 18.3 Å². The Balaban J connectivity index is 2.14.